The van der Waals surface area contributed by atoms with Crippen molar-refractivity contribution < 1.29 is 14.3 Å². The predicted octanol–water partition coefficient (Wildman–Crippen LogP) is 0.538. The van der Waals surface area contributed by atoms with Crippen molar-refractivity contribution in [2.24, 2.45) is 0 Å². The molecule has 2 saturated heterocycles. The van der Waals surface area contributed by atoms with E-state index in [1.54, 1.807) is 10.9 Å². The van der Waals surface area contributed by atoms with Crippen LogP contribution in [0.1, 0.15) is 42.2 Å². The first-order chi connectivity index (χ1) is 9.72. The lowest BCUT2D eigenvalue weighted by Crippen LogP contribution is -2.48. The van der Waals surface area contributed by atoms with E-state index in [9.17, 15) is 4.79 Å². The van der Waals surface area contributed by atoms with Gasteiger partial charge in [0.05, 0.1) is 24.9 Å². The summed E-state index contributed by atoms with van der Waals surface area (Å²) in [5.74, 6) is -0.445. The summed E-state index contributed by atoms with van der Waals surface area (Å²) >= 11 is 0. The fraction of sp³-hybridized carbons (Fsp3) is 0.769. The van der Waals surface area contributed by atoms with Gasteiger partial charge >= 0.3 is 5.97 Å². The van der Waals surface area contributed by atoms with E-state index in [2.05, 4.69) is 20.4 Å². The Balaban J connectivity index is 1.73. The highest BCUT2D eigenvalue weighted by molar-refractivity contribution is 5.86. The molecule has 110 valence electrons. The summed E-state index contributed by atoms with van der Waals surface area (Å²) in [5.41, 5.74) is 0.226. The second-order valence-electron chi connectivity index (χ2n) is 5.50. The lowest BCUT2D eigenvalue weighted by Gasteiger charge is -2.43. The van der Waals surface area contributed by atoms with Crippen LogP contribution in [0, 0.1) is 0 Å². The molecule has 2 fully saturated rings. The summed E-state index contributed by atoms with van der Waals surface area (Å²) in [4.78, 5) is 11.4. The van der Waals surface area contributed by atoms with Crippen LogP contribution in [0.25, 0.3) is 0 Å². The molecule has 1 spiro atoms. The van der Waals surface area contributed by atoms with Gasteiger partial charge in [-0.2, -0.15) is 0 Å². The SMILES string of the molecule is COC(=O)c1cn(C2CCOC3(CCNCC3)C2)nn1. The third kappa shape index (κ3) is 2.55. The van der Waals surface area contributed by atoms with Crippen LogP contribution in [0.4, 0.5) is 0 Å². The Morgan fingerprint density at radius 1 is 1.55 bits per heavy atom. The van der Waals surface area contributed by atoms with Gasteiger partial charge in [0.1, 0.15) is 0 Å². The van der Waals surface area contributed by atoms with Crippen LogP contribution < -0.4 is 5.32 Å². The molecule has 0 aromatic carbocycles. The third-order valence-electron chi connectivity index (χ3n) is 4.26. The van der Waals surface area contributed by atoms with Gasteiger partial charge in [0, 0.05) is 6.61 Å². The van der Waals surface area contributed by atoms with Gasteiger partial charge in [-0.1, -0.05) is 5.21 Å². The van der Waals surface area contributed by atoms with Crippen molar-refractivity contribution in [1.29, 1.82) is 0 Å². The quantitative estimate of drug-likeness (QED) is 0.797. The maximum atomic E-state index is 11.4. The monoisotopic (exact) mass is 280 g/mol. The molecule has 1 N–H and O–H groups in total. The van der Waals surface area contributed by atoms with E-state index < -0.39 is 5.97 Å². The first-order valence-electron chi connectivity index (χ1n) is 7.07. The number of piperidine rings is 1. The Morgan fingerprint density at radius 2 is 2.35 bits per heavy atom. The number of ether oxygens (including phenoxy) is 2. The summed E-state index contributed by atoms with van der Waals surface area (Å²) < 4.78 is 12.5. The summed E-state index contributed by atoms with van der Waals surface area (Å²) in [6.45, 7) is 2.73. The normalized spacial score (nSPS) is 25.6. The van der Waals surface area contributed by atoms with Crippen LogP contribution in [-0.2, 0) is 9.47 Å². The molecule has 3 rings (SSSR count). The number of methoxy groups -OCH3 is 1. The molecule has 0 saturated carbocycles. The van der Waals surface area contributed by atoms with Crippen LogP contribution >= 0.6 is 0 Å². The van der Waals surface area contributed by atoms with Gasteiger partial charge in [-0.25, -0.2) is 9.48 Å². The number of carbonyl (C=O) groups excluding carboxylic acids is 1. The first kappa shape index (κ1) is 13.5. The maximum Gasteiger partial charge on any atom is 0.360 e. The molecule has 0 amide bonds. The largest absolute Gasteiger partial charge is 0.464 e. The Kier molecular flexibility index (Phi) is 3.71. The number of nitrogens with one attached hydrogen (secondary N) is 1. The molecular weight excluding hydrogens is 260 g/mol. The molecule has 20 heavy (non-hydrogen) atoms. The van der Waals surface area contributed by atoms with Crippen LogP contribution in [0.2, 0.25) is 0 Å². The van der Waals surface area contributed by atoms with E-state index in [4.69, 9.17) is 4.74 Å². The number of aromatic nitrogens is 3. The molecule has 1 aromatic rings. The van der Waals surface area contributed by atoms with Crippen molar-refractivity contribution >= 4 is 5.97 Å². The highest BCUT2D eigenvalue weighted by atomic mass is 16.5. The molecule has 7 heteroatoms. The summed E-state index contributed by atoms with van der Waals surface area (Å²) in [6, 6.07) is 0.243. The van der Waals surface area contributed by atoms with Crippen LogP contribution in [0.5, 0.6) is 0 Å². The van der Waals surface area contributed by atoms with Gasteiger partial charge in [-0.3, -0.25) is 0 Å². The first-order valence-corrected chi connectivity index (χ1v) is 7.07. The van der Waals surface area contributed by atoms with Crippen molar-refractivity contribution in [3.8, 4) is 0 Å². The predicted molar refractivity (Wildman–Crippen MR) is 70.4 cm³/mol. The van der Waals surface area contributed by atoms with Crippen molar-refractivity contribution in [3.63, 3.8) is 0 Å². The van der Waals surface area contributed by atoms with Crippen molar-refractivity contribution in [2.45, 2.75) is 37.3 Å². The van der Waals surface area contributed by atoms with Gasteiger partial charge in [0.25, 0.3) is 0 Å². The zero-order valence-corrected chi connectivity index (χ0v) is 11.7. The standard InChI is InChI=1S/C13H20N4O3/c1-19-12(18)11-9-17(16-15-11)10-2-7-20-13(8-10)3-5-14-6-4-13/h9-10,14H,2-8H2,1H3. The molecule has 1 unspecified atom stereocenters. The van der Waals surface area contributed by atoms with Crippen molar-refractivity contribution in [1.82, 2.24) is 20.3 Å². The smallest absolute Gasteiger partial charge is 0.360 e. The molecule has 1 atom stereocenters. The van der Waals surface area contributed by atoms with E-state index in [-0.39, 0.29) is 17.3 Å². The minimum Gasteiger partial charge on any atom is -0.464 e. The van der Waals surface area contributed by atoms with Gasteiger partial charge in [-0.15, -0.1) is 5.10 Å². The molecule has 1 aromatic heterocycles. The zero-order valence-electron chi connectivity index (χ0n) is 11.7. The summed E-state index contributed by atoms with van der Waals surface area (Å²) in [5, 5.41) is 11.3. The molecule has 3 heterocycles. The fourth-order valence-electron chi connectivity index (χ4n) is 3.11. The van der Waals surface area contributed by atoms with Gasteiger partial charge in [-0.05, 0) is 38.8 Å². The summed E-state index contributed by atoms with van der Waals surface area (Å²) in [6.07, 6.45) is 5.57. The molecule has 0 radical (unpaired) electrons. The highest BCUT2D eigenvalue weighted by Crippen LogP contribution is 2.37. The molecule has 7 nitrogen and oxygen atoms in total. The lowest BCUT2D eigenvalue weighted by molar-refractivity contribution is -0.112. The lowest BCUT2D eigenvalue weighted by atomic mass is 9.83. The van der Waals surface area contributed by atoms with E-state index in [0.717, 1.165) is 45.4 Å². The van der Waals surface area contributed by atoms with Crippen LogP contribution in [0.15, 0.2) is 6.20 Å². The van der Waals surface area contributed by atoms with E-state index in [1.807, 2.05) is 0 Å². The number of carbonyl (C=O) groups is 1. The molecule has 0 bridgehead atoms. The number of esters is 1. The molecule has 0 aliphatic carbocycles. The Morgan fingerprint density at radius 3 is 3.10 bits per heavy atom. The number of rotatable bonds is 2. The van der Waals surface area contributed by atoms with Crippen molar-refractivity contribution in [3.05, 3.63) is 11.9 Å². The zero-order chi connectivity index (χ0) is 14.0. The average molecular weight is 280 g/mol. The topological polar surface area (TPSA) is 78.3 Å². The van der Waals surface area contributed by atoms with Gasteiger partial charge in [0.15, 0.2) is 5.69 Å². The number of nitrogens with zero attached hydrogens (tertiary/aromatic N) is 3. The van der Waals surface area contributed by atoms with E-state index >= 15 is 0 Å². The van der Waals surface area contributed by atoms with E-state index in [0.29, 0.717) is 0 Å². The minimum absolute atomic E-state index is 0.0362. The molecule has 2 aliphatic rings. The number of hydrogen-bond acceptors (Lipinski definition) is 6. The van der Waals surface area contributed by atoms with Gasteiger partial charge in [0.2, 0.25) is 0 Å². The maximum absolute atomic E-state index is 11.4. The average Bonchev–Trinajstić information content (AvgIpc) is 2.97. The highest BCUT2D eigenvalue weighted by Gasteiger charge is 2.39. The Bertz CT molecular complexity index is 476. The third-order valence-corrected chi connectivity index (χ3v) is 4.26. The molecule has 2 aliphatic heterocycles. The van der Waals surface area contributed by atoms with Crippen molar-refractivity contribution in [2.75, 3.05) is 26.8 Å². The fourth-order valence-corrected chi connectivity index (χ4v) is 3.11. The van der Waals surface area contributed by atoms with Gasteiger partial charge < -0.3 is 14.8 Å². The Hall–Kier alpha value is -1.47. The number of hydrogen-bond donors (Lipinski definition) is 1. The second-order valence-corrected chi connectivity index (χ2v) is 5.50. The minimum atomic E-state index is -0.445. The second kappa shape index (κ2) is 5.49. The van der Waals surface area contributed by atoms with Crippen LogP contribution in [-0.4, -0.2) is 53.4 Å². The van der Waals surface area contributed by atoms with E-state index in [1.165, 1.54) is 7.11 Å². The van der Waals surface area contributed by atoms with Crippen LogP contribution in [0.3, 0.4) is 0 Å². The summed E-state index contributed by atoms with van der Waals surface area (Å²) in [7, 11) is 1.35. The molecular formula is C13H20N4O3. The Labute approximate surface area is 117 Å².